The molecule has 0 amide bonds. The zero-order valence-electron chi connectivity index (χ0n) is 8.09. The number of H-pyrrole nitrogens is 1. The van der Waals surface area contributed by atoms with Gasteiger partial charge in [-0.2, -0.15) is 0 Å². The minimum absolute atomic E-state index is 0.0347. The van der Waals surface area contributed by atoms with E-state index in [1.807, 2.05) is 7.05 Å². The van der Waals surface area contributed by atoms with Gasteiger partial charge in [0.25, 0.3) is 0 Å². The fraction of sp³-hybridized carbons (Fsp3) is 0.500. The fourth-order valence-electron chi connectivity index (χ4n) is 2.02. The van der Waals surface area contributed by atoms with Crippen LogP contribution in [0.15, 0.2) is 17.1 Å². The number of nitrogens with one attached hydrogen (secondary N) is 1. The molecule has 0 bridgehead atoms. The van der Waals surface area contributed by atoms with E-state index in [0.717, 1.165) is 24.9 Å². The number of rotatable bonds is 1. The van der Waals surface area contributed by atoms with Gasteiger partial charge in [-0.05, 0) is 26.4 Å². The van der Waals surface area contributed by atoms with Gasteiger partial charge in [-0.1, -0.05) is 11.6 Å². The number of hydrogen-bond acceptors (Lipinski definition) is 2. The van der Waals surface area contributed by atoms with Crippen molar-refractivity contribution in [3.63, 3.8) is 0 Å². The quantitative estimate of drug-likeness (QED) is 0.721. The third-order valence-corrected chi connectivity index (χ3v) is 3.01. The lowest BCUT2D eigenvalue weighted by molar-refractivity contribution is 0.315. The first-order valence-electron chi connectivity index (χ1n) is 4.77. The molecule has 1 aromatic rings. The highest BCUT2D eigenvalue weighted by molar-refractivity contribution is 6.29. The summed E-state index contributed by atoms with van der Waals surface area (Å²) in [7, 11) is 2.05. The lowest BCUT2D eigenvalue weighted by Gasteiger charge is -2.18. The minimum Gasteiger partial charge on any atom is -0.352 e. The third kappa shape index (κ3) is 1.70. The molecule has 3 nitrogen and oxygen atoms in total. The molecule has 2 heterocycles. The number of nitrogens with zero attached hydrogens (tertiary/aromatic N) is 1. The van der Waals surface area contributed by atoms with Crippen LogP contribution >= 0.6 is 11.6 Å². The topological polar surface area (TPSA) is 36.1 Å². The number of pyridine rings is 1. The molecular formula is C10H13ClN2O. The molecule has 1 aliphatic rings. The Balaban J connectivity index is 2.36. The van der Waals surface area contributed by atoms with Crippen LogP contribution in [0, 0.1) is 0 Å². The van der Waals surface area contributed by atoms with Crippen LogP contribution in [0.3, 0.4) is 0 Å². The lowest BCUT2D eigenvalue weighted by Crippen LogP contribution is -2.23. The highest BCUT2D eigenvalue weighted by atomic mass is 35.5. The highest BCUT2D eigenvalue weighted by Gasteiger charge is 2.24. The van der Waals surface area contributed by atoms with Gasteiger partial charge in [0.2, 0.25) is 0 Å². The molecule has 1 unspecified atom stereocenters. The van der Waals surface area contributed by atoms with Crippen molar-refractivity contribution in [2.24, 2.45) is 0 Å². The second-order valence-electron chi connectivity index (χ2n) is 3.74. The molecule has 14 heavy (non-hydrogen) atoms. The van der Waals surface area contributed by atoms with Crippen molar-refractivity contribution in [1.29, 1.82) is 0 Å². The lowest BCUT2D eigenvalue weighted by atomic mass is 10.1. The zero-order valence-corrected chi connectivity index (χ0v) is 8.84. The van der Waals surface area contributed by atoms with Gasteiger partial charge in [-0.3, -0.25) is 9.69 Å². The maximum absolute atomic E-state index is 11.6. The molecule has 4 heteroatoms. The second-order valence-corrected chi connectivity index (χ2v) is 4.15. The van der Waals surface area contributed by atoms with E-state index in [0.29, 0.717) is 5.15 Å². The molecule has 1 aromatic heterocycles. The molecule has 1 atom stereocenters. The monoisotopic (exact) mass is 212 g/mol. The first-order chi connectivity index (χ1) is 6.68. The van der Waals surface area contributed by atoms with Gasteiger partial charge >= 0.3 is 0 Å². The average molecular weight is 213 g/mol. The first-order valence-corrected chi connectivity index (χ1v) is 5.14. The van der Waals surface area contributed by atoms with Crippen LogP contribution in [-0.2, 0) is 0 Å². The van der Waals surface area contributed by atoms with Gasteiger partial charge in [0, 0.05) is 23.9 Å². The summed E-state index contributed by atoms with van der Waals surface area (Å²) in [6.45, 7) is 1.06. The second kappa shape index (κ2) is 3.75. The number of aromatic nitrogens is 1. The molecule has 0 aliphatic carbocycles. The van der Waals surface area contributed by atoms with E-state index in [-0.39, 0.29) is 11.5 Å². The summed E-state index contributed by atoms with van der Waals surface area (Å²) in [5, 5.41) is 0.402. The van der Waals surface area contributed by atoms with Gasteiger partial charge < -0.3 is 4.98 Å². The molecule has 1 N–H and O–H groups in total. The predicted octanol–water partition coefficient (Wildman–Crippen LogP) is 1.79. The smallest absolute Gasteiger partial charge is 0.187 e. The molecule has 2 rings (SSSR count). The normalized spacial score (nSPS) is 22.9. The van der Waals surface area contributed by atoms with Crippen LogP contribution < -0.4 is 5.43 Å². The van der Waals surface area contributed by atoms with Gasteiger partial charge in [-0.25, -0.2) is 0 Å². The van der Waals surface area contributed by atoms with E-state index in [2.05, 4.69) is 9.88 Å². The van der Waals surface area contributed by atoms with Crippen LogP contribution in [0.2, 0.25) is 5.15 Å². The summed E-state index contributed by atoms with van der Waals surface area (Å²) in [4.78, 5) is 16.7. The minimum atomic E-state index is 0.0347. The number of halogens is 1. The number of hydrogen-bond donors (Lipinski definition) is 1. The highest BCUT2D eigenvalue weighted by Crippen LogP contribution is 2.27. The molecule has 1 aliphatic heterocycles. The summed E-state index contributed by atoms with van der Waals surface area (Å²) < 4.78 is 0. The predicted molar refractivity (Wildman–Crippen MR) is 56.7 cm³/mol. The van der Waals surface area contributed by atoms with Crippen molar-refractivity contribution in [3.8, 4) is 0 Å². The molecular weight excluding hydrogens is 200 g/mol. The Hall–Kier alpha value is -0.800. The summed E-state index contributed by atoms with van der Waals surface area (Å²) in [6.07, 6.45) is 3.95. The Morgan fingerprint density at radius 3 is 3.00 bits per heavy atom. The van der Waals surface area contributed by atoms with E-state index in [1.54, 1.807) is 6.20 Å². The Kier molecular flexibility index (Phi) is 2.61. The van der Waals surface area contributed by atoms with Crippen LogP contribution in [0.4, 0.5) is 0 Å². The van der Waals surface area contributed by atoms with Crippen LogP contribution in [0.25, 0.3) is 0 Å². The van der Waals surface area contributed by atoms with E-state index in [1.165, 1.54) is 6.07 Å². The van der Waals surface area contributed by atoms with Crippen molar-refractivity contribution in [1.82, 2.24) is 9.88 Å². The van der Waals surface area contributed by atoms with Gasteiger partial charge in [-0.15, -0.1) is 0 Å². The van der Waals surface area contributed by atoms with Gasteiger partial charge in [0.15, 0.2) is 5.43 Å². The SMILES string of the molecule is CN1CCCC1c1c[nH]c(Cl)cc1=O. The summed E-state index contributed by atoms with van der Waals surface area (Å²) in [5.41, 5.74) is 0.863. The van der Waals surface area contributed by atoms with E-state index in [9.17, 15) is 4.79 Å². The summed E-state index contributed by atoms with van der Waals surface area (Å²) in [5.74, 6) is 0. The Bertz CT molecular complexity index is 388. The molecule has 76 valence electrons. The van der Waals surface area contributed by atoms with Crippen molar-refractivity contribution in [2.75, 3.05) is 13.6 Å². The van der Waals surface area contributed by atoms with Crippen molar-refractivity contribution in [3.05, 3.63) is 33.2 Å². The molecule has 0 saturated carbocycles. The molecule has 0 spiro atoms. The standard InChI is InChI=1S/C10H13ClN2O/c1-13-4-2-3-8(13)7-6-12-10(11)5-9(7)14/h5-6,8H,2-4H2,1H3,(H,12,14). The number of likely N-dealkylation sites (tertiary alicyclic amines) is 1. The molecule has 1 fully saturated rings. The van der Waals surface area contributed by atoms with Crippen LogP contribution in [0.5, 0.6) is 0 Å². The van der Waals surface area contributed by atoms with E-state index in [4.69, 9.17) is 11.6 Å². The summed E-state index contributed by atoms with van der Waals surface area (Å²) in [6, 6.07) is 1.71. The number of aromatic amines is 1. The average Bonchev–Trinajstić information content (AvgIpc) is 2.52. The van der Waals surface area contributed by atoms with Crippen molar-refractivity contribution < 1.29 is 0 Å². The zero-order chi connectivity index (χ0) is 10.1. The Morgan fingerprint density at radius 2 is 2.43 bits per heavy atom. The van der Waals surface area contributed by atoms with E-state index < -0.39 is 0 Å². The molecule has 1 saturated heterocycles. The van der Waals surface area contributed by atoms with E-state index >= 15 is 0 Å². The van der Waals surface area contributed by atoms with Crippen LogP contribution in [-0.4, -0.2) is 23.5 Å². The van der Waals surface area contributed by atoms with Gasteiger partial charge in [0.1, 0.15) is 5.15 Å². The largest absolute Gasteiger partial charge is 0.352 e. The fourth-order valence-corrected chi connectivity index (χ4v) is 2.18. The Morgan fingerprint density at radius 1 is 1.64 bits per heavy atom. The maximum Gasteiger partial charge on any atom is 0.187 e. The third-order valence-electron chi connectivity index (χ3n) is 2.79. The van der Waals surface area contributed by atoms with Crippen LogP contribution in [0.1, 0.15) is 24.4 Å². The van der Waals surface area contributed by atoms with Gasteiger partial charge in [0.05, 0.1) is 0 Å². The molecule has 0 aromatic carbocycles. The Labute approximate surface area is 87.7 Å². The maximum atomic E-state index is 11.6. The van der Waals surface area contributed by atoms with Crippen molar-refractivity contribution >= 4 is 11.6 Å². The first kappa shape index (κ1) is 9.74. The van der Waals surface area contributed by atoms with Crippen molar-refractivity contribution in [2.45, 2.75) is 18.9 Å². The summed E-state index contributed by atoms with van der Waals surface area (Å²) >= 11 is 5.69. The molecule has 0 radical (unpaired) electrons.